The molecule has 4 fully saturated rings. The van der Waals surface area contributed by atoms with Crippen LogP contribution in [-0.2, 0) is 4.79 Å². The van der Waals surface area contributed by atoms with Crippen molar-refractivity contribution in [3.63, 3.8) is 0 Å². The highest BCUT2D eigenvalue weighted by atomic mass is 32.2. The van der Waals surface area contributed by atoms with Crippen LogP contribution in [0.25, 0.3) is 0 Å². The molecule has 0 N–H and O–H groups in total. The van der Waals surface area contributed by atoms with E-state index in [-0.39, 0.29) is 5.41 Å². The summed E-state index contributed by atoms with van der Waals surface area (Å²) < 4.78 is 0.422. The molecule has 0 aromatic rings. The van der Waals surface area contributed by atoms with Crippen LogP contribution in [0, 0.1) is 35.0 Å². The Morgan fingerprint density at radius 2 is 1.95 bits per heavy atom. The van der Waals surface area contributed by atoms with Crippen molar-refractivity contribution in [3.05, 3.63) is 0 Å². The third kappa shape index (κ3) is 1.44. The average molecular weight is 297 g/mol. The number of carbonyl (C=O) groups is 1. The van der Waals surface area contributed by atoms with Crippen LogP contribution in [0.3, 0.4) is 0 Å². The molecular formula is C16H24OS2. The lowest BCUT2D eigenvalue weighted by Crippen LogP contribution is -2.47. The van der Waals surface area contributed by atoms with Crippen LogP contribution in [0.2, 0.25) is 0 Å². The molecule has 4 rings (SSSR count). The first-order valence-corrected chi connectivity index (χ1v) is 9.79. The molecule has 1 spiro atoms. The Morgan fingerprint density at radius 3 is 2.58 bits per heavy atom. The van der Waals surface area contributed by atoms with Gasteiger partial charge in [-0.2, -0.15) is 0 Å². The zero-order valence-electron chi connectivity index (χ0n) is 12.1. The van der Waals surface area contributed by atoms with Gasteiger partial charge < -0.3 is 0 Å². The molecule has 3 aliphatic carbocycles. The van der Waals surface area contributed by atoms with Crippen LogP contribution in [0.4, 0.5) is 0 Å². The molecule has 4 bridgehead atoms. The summed E-state index contributed by atoms with van der Waals surface area (Å²) in [6.07, 6.45) is 3.65. The van der Waals surface area contributed by atoms with Crippen LogP contribution in [-0.4, -0.2) is 21.4 Å². The summed E-state index contributed by atoms with van der Waals surface area (Å²) >= 11 is 4.39. The average Bonchev–Trinajstić information content (AvgIpc) is 2.98. The summed E-state index contributed by atoms with van der Waals surface area (Å²) in [6.45, 7) is 7.05. The molecule has 3 saturated carbocycles. The summed E-state index contributed by atoms with van der Waals surface area (Å²) in [6, 6.07) is 0. The van der Waals surface area contributed by atoms with E-state index in [1.165, 1.54) is 24.3 Å². The number of ketones is 1. The smallest absolute Gasteiger partial charge is 0.142 e. The molecule has 5 atom stereocenters. The highest BCUT2D eigenvalue weighted by Crippen LogP contribution is 2.75. The molecule has 0 radical (unpaired) electrons. The maximum absolute atomic E-state index is 12.9. The molecule has 1 nitrogen and oxygen atoms in total. The van der Waals surface area contributed by atoms with Gasteiger partial charge in [-0.3, -0.25) is 4.79 Å². The maximum atomic E-state index is 12.9. The highest BCUT2D eigenvalue weighted by Gasteiger charge is 2.73. The molecule has 1 saturated heterocycles. The molecule has 0 amide bonds. The van der Waals surface area contributed by atoms with Gasteiger partial charge in [0.2, 0.25) is 0 Å². The SMILES string of the molecule is CC(C)[C@@H]1CC[C@]2(C)C(=O)[C@H]3CC4(SCCS4)[C@@H]2[C@H]31. The van der Waals surface area contributed by atoms with Crippen molar-refractivity contribution in [1.29, 1.82) is 0 Å². The van der Waals surface area contributed by atoms with Gasteiger partial charge in [-0.1, -0.05) is 20.8 Å². The number of carbonyl (C=O) groups excluding carboxylic acids is 1. The van der Waals surface area contributed by atoms with E-state index in [2.05, 4.69) is 44.3 Å². The second kappa shape index (κ2) is 3.97. The van der Waals surface area contributed by atoms with E-state index in [4.69, 9.17) is 0 Å². The minimum absolute atomic E-state index is 0.0311. The van der Waals surface area contributed by atoms with Crippen LogP contribution >= 0.6 is 23.5 Å². The first-order valence-electron chi connectivity index (χ1n) is 7.82. The quantitative estimate of drug-likeness (QED) is 0.726. The van der Waals surface area contributed by atoms with Crippen molar-refractivity contribution < 1.29 is 4.79 Å². The summed E-state index contributed by atoms with van der Waals surface area (Å²) in [7, 11) is 0. The molecule has 0 aromatic heterocycles. The summed E-state index contributed by atoms with van der Waals surface area (Å²) in [5.41, 5.74) is 0.0311. The third-order valence-electron chi connectivity index (χ3n) is 6.54. The van der Waals surface area contributed by atoms with Crippen LogP contribution < -0.4 is 0 Å². The van der Waals surface area contributed by atoms with Gasteiger partial charge in [-0.25, -0.2) is 0 Å². The number of Topliss-reactive ketones (excluding diaryl/α,β-unsaturated/α-hetero) is 1. The van der Waals surface area contributed by atoms with Crippen LogP contribution in [0.15, 0.2) is 0 Å². The topological polar surface area (TPSA) is 17.1 Å². The third-order valence-corrected chi connectivity index (χ3v) is 10.1. The Hall–Kier alpha value is 0.370. The highest BCUT2D eigenvalue weighted by molar-refractivity contribution is 8.21. The van der Waals surface area contributed by atoms with E-state index in [1.807, 2.05) is 0 Å². The second-order valence-electron chi connectivity index (χ2n) is 7.60. The zero-order valence-corrected chi connectivity index (χ0v) is 13.8. The van der Waals surface area contributed by atoms with Crippen molar-refractivity contribution in [2.75, 3.05) is 11.5 Å². The Kier molecular flexibility index (Phi) is 2.73. The van der Waals surface area contributed by atoms with E-state index in [0.29, 0.717) is 27.6 Å². The molecule has 0 aromatic carbocycles. The molecule has 1 heterocycles. The summed E-state index contributed by atoms with van der Waals surface area (Å²) in [5.74, 6) is 6.59. The standard InChI is InChI=1S/C16H24OS2/c1-9(2)10-4-5-15(3)13-12(10)11(14(15)17)8-16(13)18-6-7-19-16/h9-13H,4-8H2,1-3H3/t10-,11-,12-,13+,15-/m0/s1. The molecule has 3 heteroatoms. The molecular weight excluding hydrogens is 272 g/mol. The van der Waals surface area contributed by atoms with Gasteiger partial charge in [-0.15, -0.1) is 23.5 Å². The first-order chi connectivity index (χ1) is 9.00. The number of hydrogen-bond donors (Lipinski definition) is 0. The number of thioether (sulfide) groups is 2. The molecule has 1 aliphatic heterocycles. The largest absolute Gasteiger partial charge is 0.299 e. The van der Waals surface area contributed by atoms with Crippen LogP contribution in [0.1, 0.15) is 40.0 Å². The van der Waals surface area contributed by atoms with E-state index in [1.54, 1.807) is 0 Å². The van der Waals surface area contributed by atoms with Crippen molar-refractivity contribution in [1.82, 2.24) is 0 Å². The predicted octanol–water partition coefficient (Wildman–Crippen LogP) is 4.07. The normalized spacial score (nSPS) is 50.6. The van der Waals surface area contributed by atoms with Crippen molar-refractivity contribution >= 4 is 29.3 Å². The van der Waals surface area contributed by atoms with Crippen molar-refractivity contribution in [3.8, 4) is 0 Å². The monoisotopic (exact) mass is 296 g/mol. The fraction of sp³-hybridized carbons (Fsp3) is 0.938. The molecule has 0 unspecified atom stereocenters. The van der Waals surface area contributed by atoms with Gasteiger partial charge in [0.15, 0.2) is 0 Å². The second-order valence-corrected chi connectivity index (χ2v) is 10.7. The van der Waals surface area contributed by atoms with Gasteiger partial charge in [0.1, 0.15) is 5.78 Å². The fourth-order valence-electron chi connectivity index (χ4n) is 5.88. The van der Waals surface area contributed by atoms with Gasteiger partial charge in [0, 0.05) is 22.8 Å². The lowest BCUT2D eigenvalue weighted by atomic mass is 9.62. The molecule has 106 valence electrons. The Bertz CT molecular complexity index is 426. The van der Waals surface area contributed by atoms with Crippen molar-refractivity contribution in [2.24, 2.45) is 35.0 Å². The number of rotatable bonds is 1. The van der Waals surface area contributed by atoms with E-state index >= 15 is 0 Å². The first kappa shape index (κ1) is 13.1. The zero-order chi connectivity index (χ0) is 13.4. The van der Waals surface area contributed by atoms with Gasteiger partial charge >= 0.3 is 0 Å². The predicted molar refractivity (Wildman–Crippen MR) is 83.4 cm³/mol. The van der Waals surface area contributed by atoms with E-state index in [0.717, 1.165) is 18.3 Å². The van der Waals surface area contributed by atoms with Gasteiger partial charge in [0.05, 0.1) is 4.08 Å². The minimum Gasteiger partial charge on any atom is -0.299 e. The van der Waals surface area contributed by atoms with Gasteiger partial charge in [0.25, 0.3) is 0 Å². The molecule has 19 heavy (non-hydrogen) atoms. The van der Waals surface area contributed by atoms with Crippen molar-refractivity contribution in [2.45, 2.75) is 44.1 Å². The lowest BCUT2D eigenvalue weighted by Gasteiger charge is -2.48. The van der Waals surface area contributed by atoms with Crippen LogP contribution in [0.5, 0.6) is 0 Å². The van der Waals surface area contributed by atoms with E-state index < -0.39 is 0 Å². The summed E-state index contributed by atoms with van der Waals surface area (Å²) in [5, 5.41) is 0. The fourth-order valence-corrected chi connectivity index (χ4v) is 9.86. The van der Waals surface area contributed by atoms with E-state index in [9.17, 15) is 4.79 Å². The Labute approximate surface area is 125 Å². The number of hydrogen-bond acceptors (Lipinski definition) is 3. The Balaban J connectivity index is 1.80. The minimum atomic E-state index is 0.0311. The maximum Gasteiger partial charge on any atom is 0.142 e. The molecule has 4 aliphatic rings. The lowest BCUT2D eigenvalue weighted by molar-refractivity contribution is -0.131. The van der Waals surface area contributed by atoms with Gasteiger partial charge in [-0.05, 0) is 42.9 Å². The summed E-state index contributed by atoms with van der Waals surface area (Å²) in [4.78, 5) is 12.9. The Morgan fingerprint density at radius 1 is 1.26 bits per heavy atom.